The zero-order chi connectivity index (χ0) is 23.8. The quantitative estimate of drug-likeness (QED) is 0.360. The Kier molecular flexibility index (Phi) is 6.52. The van der Waals surface area contributed by atoms with Crippen molar-refractivity contribution in [1.29, 1.82) is 0 Å². The summed E-state index contributed by atoms with van der Waals surface area (Å²) in [6.07, 6.45) is 5.26. The lowest BCUT2D eigenvalue weighted by atomic mass is 9.84. The Balaban J connectivity index is 1.38. The first kappa shape index (κ1) is 23.2. The van der Waals surface area contributed by atoms with Gasteiger partial charge in [0, 0.05) is 6.04 Å². The molecule has 2 aliphatic rings. The molecule has 0 aliphatic heterocycles. The molecule has 2 bridgehead atoms. The van der Waals surface area contributed by atoms with Crippen LogP contribution in [-0.4, -0.2) is 27.3 Å². The molecule has 6 heteroatoms. The number of nitrogens with zero attached hydrogens (tertiary/aromatic N) is 2. The monoisotopic (exact) mass is 475 g/mol. The van der Waals surface area contributed by atoms with E-state index >= 15 is 0 Å². The van der Waals surface area contributed by atoms with Gasteiger partial charge in [0.05, 0.1) is 22.3 Å². The van der Waals surface area contributed by atoms with Crippen molar-refractivity contribution in [2.24, 2.45) is 17.8 Å². The van der Waals surface area contributed by atoms with E-state index in [9.17, 15) is 9.59 Å². The van der Waals surface area contributed by atoms with E-state index in [2.05, 4.69) is 38.2 Å². The molecular weight excluding hydrogens is 442 g/mol. The molecule has 0 saturated heterocycles. The highest BCUT2D eigenvalue weighted by molar-refractivity contribution is 7.99. The molecule has 1 heterocycles. The van der Waals surface area contributed by atoms with Crippen LogP contribution in [0.3, 0.4) is 0 Å². The fourth-order valence-electron chi connectivity index (χ4n) is 5.88. The van der Waals surface area contributed by atoms with Gasteiger partial charge in [0.15, 0.2) is 5.16 Å². The average Bonchev–Trinajstić information content (AvgIpc) is 3.47. The molecule has 1 N–H and O–H groups in total. The van der Waals surface area contributed by atoms with Crippen LogP contribution in [-0.2, 0) is 4.79 Å². The van der Waals surface area contributed by atoms with Crippen LogP contribution < -0.4 is 10.9 Å². The predicted molar refractivity (Wildman–Crippen MR) is 139 cm³/mol. The Bertz CT molecular complexity index is 1250. The number of benzene rings is 2. The van der Waals surface area contributed by atoms with E-state index < -0.39 is 0 Å². The van der Waals surface area contributed by atoms with Crippen LogP contribution in [0.25, 0.3) is 16.6 Å². The van der Waals surface area contributed by atoms with Gasteiger partial charge >= 0.3 is 0 Å². The number of hydrogen-bond acceptors (Lipinski definition) is 4. The Morgan fingerprint density at radius 3 is 2.53 bits per heavy atom. The van der Waals surface area contributed by atoms with Gasteiger partial charge in [-0.2, -0.15) is 0 Å². The van der Waals surface area contributed by atoms with Crippen LogP contribution in [0.4, 0.5) is 0 Å². The molecular formula is C28H33N3O2S. The molecule has 1 amide bonds. The second-order valence-corrected chi connectivity index (χ2v) is 11.2. The van der Waals surface area contributed by atoms with Gasteiger partial charge in [-0.1, -0.05) is 56.3 Å². The zero-order valence-electron chi connectivity index (χ0n) is 20.2. The number of hydrogen-bond donors (Lipinski definition) is 1. The van der Waals surface area contributed by atoms with Gasteiger partial charge in [0.2, 0.25) is 5.91 Å². The third-order valence-corrected chi connectivity index (χ3v) is 8.66. The Morgan fingerprint density at radius 1 is 1.09 bits per heavy atom. The number of amides is 1. The molecule has 0 spiro atoms. The molecule has 5 rings (SSSR count). The number of nitrogens with one attached hydrogen (secondary N) is 1. The second-order valence-electron chi connectivity index (χ2n) is 10.3. The van der Waals surface area contributed by atoms with Crippen LogP contribution in [0.2, 0.25) is 0 Å². The molecule has 5 nitrogen and oxygen atoms in total. The molecule has 178 valence electrons. The molecule has 0 radical (unpaired) electrons. The summed E-state index contributed by atoms with van der Waals surface area (Å²) in [5.74, 6) is 2.89. The van der Waals surface area contributed by atoms with E-state index in [1.54, 1.807) is 4.57 Å². The summed E-state index contributed by atoms with van der Waals surface area (Å²) in [4.78, 5) is 31.1. The summed E-state index contributed by atoms with van der Waals surface area (Å²) >= 11 is 1.33. The van der Waals surface area contributed by atoms with Gasteiger partial charge in [-0.25, -0.2) is 4.98 Å². The first-order valence-electron chi connectivity index (χ1n) is 12.4. The second kappa shape index (κ2) is 9.57. The van der Waals surface area contributed by atoms with Crippen molar-refractivity contribution in [1.82, 2.24) is 14.9 Å². The number of carbonyl (C=O) groups is 1. The molecule has 2 aromatic carbocycles. The van der Waals surface area contributed by atoms with E-state index in [0.29, 0.717) is 27.9 Å². The highest BCUT2D eigenvalue weighted by atomic mass is 32.2. The van der Waals surface area contributed by atoms with Crippen molar-refractivity contribution < 1.29 is 4.79 Å². The minimum Gasteiger partial charge on any atom is -0.353 e. The van der Waals surface area contributed by atoms with Gasteiger partial charge in [0.1, 0.15) is 0 Å². The molecule has 2 saturated carbocycles. The smallest absolute Gasteiger partial charge is 0.266 e. The summed E-state index contributed by atoms with van der Waals surface area (Å²) < 4.78 is 1.64. The maximum atomic E-state index is 13.4. The van der Waals surface area contributed by atoms with Gasteiger partial charge in [-0.15, -0.1) is 0 Å². The zero-order valence-corrected chi connectivity index (χ0v) is 21.0. The fourth-order valence-corrected chi connectivity index (χ4v) is 6.71. The van der Waals surface area contributed by atoms with E-state index in [1.165, 1.54) is 43.0 Å². The molecule has 2 fully saturated rings. The summed E-state index contributed by atoms with van der Waals surface area (Å²) in [5, 5.41) is 4.36. The fraction of sp³-hybridized carbons (Fsp3) is 0.464. The number of fused-ring (bicyclic) bond motifs is 3. The van der Waals surface area contributed by atoms with Crippen LogP contribution in [0.5, 0.6) is 0 Å². The number of rotatable bonds is 7. The van der Waals surface area contributed by atoms with E-state index in [0.717, 1.165) is 17.5 Å². The van der Waals surface area contributed by atoms with Crippen LogP contribution in [0.1, 0.15) is 57.9 Å². The van der Waals surface area contributed by atoms with Gasteiger partial charge in [-0.05, 0) is 79.7 Å². The minimum atomic E-state index is -0.110. The lowest BCUT2D eigenvalue weighted by Crippen LogP contribution is -2.41. The Morgan fingerprint density at radius 2 is 1.85 bits per heavy atom. The third-order valence-electron chi connectivity index (χ3n) is 7.72. The van der Waals surface area contributed by atoms with Crippen LogP contribution in [0.15, 0.2) is 58.5 Å². The largest absolute Gasteiger partial charge is 0.353 e. The number of para-hydroxylation sites is 1. The first-order valence-corrected chi connectivity index (χ1v) is 13.4. The highest BCUT2D eigenvalue weighted by Gasteiger charge is 2.42. The van der Waals surface area contributed by atoms with Gasteiger partial charge < -0.3 is 5.32 Å². The average molecular weight is 476 g/mol. The van der Waals surface area contributed by atoms with Crippen molar-refractivity contribution in [3.05, 3.63) is 64.4 Å². The standard InChI is InChI=1S/C28H33N3O2S/c1-17(2)20-10-12-22(13-11-20)31-27(33)23-6-4-5-7-25(23)30-28(31)34-16-26(32)29-18(3)24-15-19-8-9-21(24)14-19/h4-7,10-13,17-19,21,24H,8-9,14-16H2,1-3H3,(H,29,32). The lowest BCUT2D eigenvalue weighted by Gasteiger charge is -2.28. The number of thioether (sulfide) groups is 1. The molecule has 34 heavy (non-hydrogen) atoms. The van der Waals surface area contributed by atoms with E-state index in [1.807, 2.05) is 36.4 Å². The molecule has 4 atom stereocenters. The van der Waals surface area contributed by atoms with Crippen molar-refractivity contribution >= 4 is 28.6 Å². The SMILES string of the molecule is CC(C)c1ccc(-n2c(SCC(=O)NC(C)C3CC4CCC3C4)nc3ccccc3c2=O)cc1. The maximum absolute atomic E-state index is 13.4. The molecule has 1 aromatic heterocycles. The van der Waals surface area contributed by atoms with Gasteiger partial charge in [0.25, 0.3) is 5.56 Å². The maximum Gasteiger partial charge on any atom is 0.266 e. The summed E-state index contributed by atoms with van der Waals surface area (Å²) in [6, 6.07) is 15.6. The van der Waals surface area contributed by atoms with Crippen LogP contribution in [0, 0.1) is 17.8 Å². The topological polar surface area (TPSA) is 64.0 Å². The first-order chi connectivity index (χ1) is 16.4. The normalized spacial score (nSPS) is 22.4. The lowest BCUT2D eigenvalue weighted by molar-refractivity contribution is -0.119. The Labute approximate surface area is 205 Å². The van der Waals surface area contributed by atoms with E-state index in [-0.39, 0.29) is 23.3 Å². The van der Waals surface area contributed by atoms with Crippen molar-refractivity contribution in [3.8, 4) is 5.69 Å². The Hall–Kier alpha value is -2.60. The molecule has 3 aromatic rings. The van der Waals surface area contributed by atoms with E-state index in [4.69, 9.17) is 4.98 Å². The van der Waals surface area contributed by atoms with Crippen molar-refractivity contribution in [2.45, 2.75) is 63.6 Å². The summed E-state index contributed by atoms with van der Waals surface area (Å²) in [5.41, 5.74) is 2.53. The van der Waals surface area contributed by atoms with Crippen molar-refractivity contribution in [2.75, 3.05) is 5.75 Å². The van der Waals surface area contributed by atoms with Gasteiger partial charge in [-0.3, -0.25) is 14.2 Å². The number of carbonyl (C=O) groups excluding carboxylic acids is 1. The van der Waals surface area contributed by atoms with Crippen molar-refractivity contribution in [3.63, 3.8) is 0 Å². The molecule has 4 unspecified atom stereocenters. The minimum absolute atomic E-state index is 0.00406. The molecule has 2 aliphatic carbocycles. The summed E-state index contributed by atoms with van der Waals surface area (Å²) in [7, 11) is 0. The predicted octanol–water partition coefficient (Wildman–Crippen LogP) is 5.54. The number of aromatic nitrogens is 2. The highest BCUT2D eigenvalue weighted by Crippen LogP contribution is 2.49. The third kappa shape index (κ3) is 4.52. The van der Waals surface area contributed by atoms with Crippen LogP contribution >= 0.6 is 11.8 Å². The summed E-state index contributed by atoms with van der Waals surface area (Å²) in [6.45, 7) is 6.45.